The zero-order valence-electron chi connectivity index (χ0n) is 18.8. The number of amides is 1. The average Bonchev–Trinajstić information content (AvgIpc) is 2.99. The Balaban J connectivity index is 0.00000216. The Morgan fingerprint density at radius 1 is 0.969 bits per heavy atom. The summed E-state index contributed by atoms with van der Waals surface area (Å²) in [6.45, 7) is 4.18. The molecule has 3 heterocycles. The van der Waals surface area contributed by atoms with E-state index in [1.165, 1.54) is 58.0 Å². The van der Waals surface area contributed by atoms with Gasteiger partial charge in [0.1, 0.15) is 12.1 Å². The van der Waals surface area contributed by atoms with Crippen molar-refractivity contribution in [1.29, 1.82) is 0 Å². The first kappa shape index (κ1) is 22.1. The van der Waals surface area contributed by atoms with Crippen LogP contribution >= 0.6 is 12.4 Å². The lowest BCUT2D eigenvalue weighted by atomic mass is 9.49. The summed E-state index contributed by atoms with van der Waals surface area (Å²) in [6.07, 6.45) is 15.9. The second-order valence-corrected chi connectivity index (χ2v) is 10.7. The number of halogens is 1. The lowest BCUT2D eigenvalue weighted by Crippen LogP contribution is -2.51. The molecule has 7 rings (SSSR count). The van der Waals surface area contributed by atoms with Crippen LogP contribution in [0.4, 0.5) is 5.82 Å². The summed E-state index contributed by atoms with van der Waals surface area (Å²) in [5, 5.41) is 8.67. The minimum Gasteiger partial charge on any atom is -0.309 e. The fourth-order valence-electron chi connectivity index (χ4n) is 7.38. The number of anilines is 1. The van der Waals surface area contributed by atoms with E-state index in [4.69, 9.17) is 0 Å². The van der Waals surface area contributed by atoms with Crippen LogP contribution in [0.25, 0.3) is 11.0 Å². The molecule has 0 atom stereocenters. The highest BCUT2D eigenvalue weighted by molar-refractivity contribution is 6.01. The van der Waals surface area contributed by atoms with Gasteiger partial charge in [0.15, 0.2) is 5.65 Å². The van der Waals surface area contributed by atoms with Crippen LogP contribution in [0.2, 0.25) is 0 Å². The molecule has 2 aromatic heterocycles. The van der Waals surface area contributed by atoms with Gasteiger partial charge >= 0.3 is 0 Å². The molecule has 0 aromatic carbocycles. The number of carbonyl (C=O) groups excluding carboxylic acids is 1. The number of rotatable bonds is 5. The normalized spacial score (nSPS) is 31.9. The lowest BCUT2D eigenvalue weighted by molar-refractivity contribution is -0.140. The molecule has 0 unspecified atom stereocenters. The molecule has 4 aliphatic carbocycles. The maximum absolute atomic E-state index is 13.5. The van der Waals surface area contributed by atoms with Gasteiger partial charge in [0.05, 0.1) is 23.5 Å². The molecular weight excluding hydrogens is 424 g/mol. The summed E-state index contributed by atoms with van der Waals surface area (Å²) in [7, 11) is 0. The first-order valence-electron chi connectivity index (χ1n) is 12.4. The molecule has 2 aromatic rings. The molecule has 5 aliphatic rings. The van der Waals surface area contributed by atoms with Gasteiger partial charge in [0.2, 0.25) is 5.91 Å². The number of fused-ring (bicyclic) bond motifs is 1. The van der Waals surface area contributed by atoms with Gasteiger partial charge < -0.3 is 10.2 Å². The van der Waals surface area contributed by atoms with E-state index in [-0.39, 0.29) is 23.7 Å². The van der Waals surface area contributed by atoms with Crippen molar-refractivity contribution in [2.75, 3.05) is 25.0 Å². The van der Waals surface area contributed by atoms with Crippen molar-refractivity contribution >= 4 is 35.2 Å². The van der Waals surface area contributed by atoms with Crippen molar-refractivity contribution in [2.45, 2.75) is 70.8 Å². The predicted octanol–water partition coefficient (Wildman–Crippen LogP) is 4.28. The van der Waals surface area contributed by atoms with E-state index < -0.39 is 0 Å². The molecule has 8 heteroatoms. The Morgan fingerprint density at radius 2 is 1.62 bits per heavy atom. The highest BCUT2D eigenvalue weighted by atomic mass is 35.5. The van der Waals surface area contributed by atoms with E-state index >= 15 is 0 Å². The molecule has 4 bridgehead atoms. The topological polar surface area (TPSA) is 75.9 Å². The van der Waals surface area contributed by atoms with Gasteiger partial charge in [-0.2, -0.15) is 5.10 Å². The summed E-state index contributed by atoms with van der Waals surface area (Å²) >= 11 is 0. The standard InChI is InChI=1S/C24H34N6O.ClH/c31-23(24-12-17-9-18(13-24)11-19(10-17)14-24)28-21-20-15-27-30(22(20)26-16-25-21)8-7-29-5-3-1-2-4-6-29;/h15-19H,1-14H2,(H,25,26,28,31);1H. The first-order chi connectivity index (χ1) is 15.2. The number of hydrogen-bond donors (Lipinski definition) is 1. The summed E-state index contributed by atoms with van der Waals surface area (Å²) in [5.41, 5.74) is 0.653. The van der Waals surface area contributed by atoms with Gasteiger partial charge in [0.25, 0.3) is 0 Å². The SMILES string of the molecule is Cl.O=C(Nc1ncnc2c1cnn2CCN1CCCCCC1)C12CC3CC(CC(C3)C1)C2. The van der Waals surface area contributed by atoms with Crippen LogP contribution in [0.15, 0.2) is 12.5 Å². The summed E-state index contributed by atoms with van der Waals surface area (Å²) < 4.78 is 1.97. The van der Waals surface area contributed by atoms with Crippen molar-refractivity contribution in [3.63, 3.8) is 0 Å². The predicted molar refractivity (Wildman–Crippen MR) is 127 cm³/mol. The zero-order chi connectivity index (χ0) is 20.8. The Morgan fingerprint density at radius 3 is 2.28 bits per heavy atom. The second-order valence-electron chi connectivity index (χ2n) is 10.7. The quantitative estimate of drug-likeness (QED) is 0.723. The van der Waals surface area contributed by atoms with Crippen LogP contribution < -0.4 is 5.32 Å². The molecule has 1 saturated heterocycles. The molecule has 174 valence electrons. The molecule has 5 fully saturated rings. The third-order valence-corrected chi connectivity index (χ3v) is 8.51. The van der Waals surface area contributed by atoms with Gasteiger partial charge in [0, 0.05) is 6.54 Å². The number of likely N-dealkylation sites (tertiary alicyclic amines) is 1. The van der Waals surface area contributed by atoms with Gasteiger partial charge in [-0.05, 0) is 82.2 Å². The Hall–Kier alpha value is -1.73. The summed E-state index contributed by atoms with van der Waals surface area (Å²) in [4.78, 5) is 25.0. The molecule has 0 spiro atoms. The van der Waals surface area contributed by atoms with Crippen molar-refractivity contribution in [2.24, 2.45) is 23.2 Å². The van der Waals surface area contributed by atoms with Crippen molar-refractivity contribution < 1.29 is 4.79 Å². The Bertz CT molecular complexity index is 931. The number of nitrogens with one attached hydrogen (secondary N) is 1. The van der Waals surface area contributed by atoms with Gasteiger partial charge in [-0.25, -0.2) is 14.6 Å². The Labute approximate surface area is 196 Å². The van der Waals surface area contributed by atoms with Crippen molar-refractivity contribution in [1.82, 2.24) is 24.6 Å². The molecule has 32 heavy (non-hydrogen) atoms. The number of hydrogen-bond acceptors (Lipinski definition) is 5. The molecule has 7 nitrogen and oxygen atoms in total. The molecule has 4 saturated carbocycles. The third-order valence-electron chi connectivity index (χ3n) is 8.51. The minimum absolute atomic E-state index is 0. The van der Waals surface area contributed by atoms with Gasteiger partial charge in [-0.1, -0.05) is 12.8 Å². The number of aromatic nitrogens is 4. The smallest absolute Gasteiger partial charge is 0.231 e. The molecule has 1 aliphatic heterocycles. The fourth-order valence-corrected chi connectivity index (χ4v) is 7.38. The van der Waals surface area contributed by atoms with Crippen LogP contribution in [-0.2, 0) is 11.3 Å². The van der Waals surface area contributed by atoms with Crippen molar-refractivity contribution in [3.8, 4) is 0 Å². The fraction of sp³-hybridized carbons (Fsp3) is 0.750. The van der Waals surface area contributed by atoms with Crippen LogP contribution in [0, 0.1) is 23.2 Å². The van der Waals surface area contributed by atoms with Crippen LogP contribution in [0.5, 0.6) is 0 Å². The molecule has 1 amide bonds. The molecular formula is C24H35ClN6O. The largest absolute Gasteiger partial charge is 0.309 e. The van der Waals surface area contributed by atoms with Gasteiger partial charge in [-0.3, -0.25) is 4.79 Å². The van der Waals surface area contributed by atoms with Crippen LogP contribution in [0.1, 0.15) is 64.2 Å². The zero-order valence-corrected chi connectivity index (χ0v) is 19.7. The number of carbonyl (C=O) groups is 1. The second kappa shape index (κ2) is 8.90. The maximum Gasteiger partial charge on any atom is 0.231 e. The van der Waals surface area contributed by atoms with E-state index in [9.17, 15) is 4.79 Å². The Kier molecular flexibility index (Phi) is 6.14. The highest BCUT2D eigenvalue weighted by Gasteiger charge is 2.54. The van der Waals surface area contributed by atoms with Crippen molar-refractivity contribution in [3.05, 3.63) is 12.5 Å². The van der Waals surface area contributed by atoms with E-state index in [1.807, 2.05) is 10.9 Å². The average molecular weight is 459 g/mol. The maximum atomic E-state index is 13.5. The van der Waals surface area contributed by atoms with Crippen LogP contribution in [0.3, 0.4) is 0 Å². The van der Waals surface area contributed by atoms with E-state index in [1.54, 1.807) is 6.33 Å². The minimum atomic E-state index is -0.172. The third kappa shape index (κ3) is 4.03. The van der Waals surface area contributed by atoms with Gasteiger partial charge in [-0.15, -0.1) is 12.4 Å². The summed E-state index contributed by atoms with van der Waals surface area (Å²) in [6, 6.07) is 0. The monoisotopic (exact) mass is 458 g/mol. The van der Waals surface area contributed by atoms with Crippen LogP contribution in [-0.4, -0.2) is 50.2 Å². The molecule has 0 radical (unpaired) electrons. The molecule has 1 N–H and O–H groups in total. The summed E-state index contributed by atoms with van der Waals surface area (Å²) in [5.74, 6) is 3.08. The van der Waals surface area contributed by atoms with E-state index in [0.29, 0.717) is 5.82 Å². The first-order valence-corrected chi connectivity index (χ1v) is 12.4. The highest BCUT2D eigenvalue weighted by Crippen LogP contribution is 2.60. The number of nitrogens with zero attached hydrogens (tertiary/aromatic N) is 5. The lowest BCUT2D eigenvalue weighted by Gasteiger charge is -2.55. The van der Waals surface area contributed by atoms with E-state index in [0.717, 1.165) is 61.1 Å². The van der Waals surface area contributed by atoms with E-state index in [2.05, 4.69) is 25.3 Å².